The lowest BCUT2D eigenvalue weighted by Crippen LogP contribution is -2.43. The third kappa shape index (κ3) is 7.25. The lowest BCUT2D eigenvalue weighted by Gasteiger charge is -2.20. The summed E-state index contributed by atoms with van der Waals surface area (Å²) in [6.45, 7) is 6.92. The molecular weight excluding hydrogens is 328 g/mol. The highest BCUT2D eigenvalue weighted by molar-refractivity contribution is 5.78. The summed E-state index contributed by atoms with van der Waals surface area (Å²) in [5.74, 6) is 0.514. The van der Waals surface area contributed by atoms with Crippen molar-refractivity contribution in [1.29, 1.82) is 0 Å². The van der Waals surface area contributed by atoms with E-state index < -0.39 is 6.10 Å². The molecule has 140 valence electrons. The number of aliphatic hydroxyl groups excluding tert-OH is 1. The van der Waals surface area contributed by atoms with Crippen LogP contribution in [0.25, 0.3) is 0 Å². The summed E-state index contributed by atoms with van der Waals surface area (Å²) in [6, 6.07) is 17.2. The minimum Gasteiger partial charge on any atom is -0.484 e. The summed E-state index contributed by atoms with van der Waals surface area (Å²) in [4.78, 5) is 11.8. The van der Waals surface area contributed by atoms with Gasteiger partial charge >= 0.3 is 0 Å². The van der Waals surface area contributed by atoms with Crippen LogP contribution in [0.15, 0.2) is 54.6 Å². The van der Waals surface area contributed by atoms with Crippen molar-refractivity contribution >= 4 is 5.91 Å². The first-order valence-corrected chi connectivity index (χ1v) is 8.80. The van der Waals surface area contributed by atoms with Gasteiger partial charge in [-0.25, -0.2) is 0 Å². The van der Waals surface area contributed by atoms with E-state index in [-0.39, 0.29) is 18.1 Å². The molecule has 1 unspecified atom stereocenters. The van der Waals surface area contributed by atoms with Gasteiger partial charge < -0.3 is 20.5 Å². The van der Waals surface area contributed by atoms with Gasteiger partial charge in [-0.3, -0.25) is 4.79 Å². The second kappa shape index (κ2) is 9.36. The van der Waals surface area contributed by atoms with Crippen molar-refractivity contribution in [2.45, 2.75) is 39.0 Å². The van der Waals surface area contributed by atoms with Gasteiger partial charge in [0, 0.05) is 18.6 Å². The molecule has 0 fully saturated rings. The molecule has 1 amide bonds. The van der Waals surface area contributed by atoms with Crippen molar-refractivity contribution < 1.29 is 14.6 Å². The maximum Gasteiger partial charge on any atom is 0.258 e. The Kier molecular flexibility index (Phi) is 7.18. The van der Waals surface area contributed by atoms with Crippen molar-refractivity contribution in [2.75, 3.05) is 13.2 Å². The van der Waals surface area contributed by atoms with E-state index in [4.69, 9.17) is 4.74 Å². The number of benzene rings is 2. The van der Waals surface area contributed by atoms with Gasteiger partial charge in [-0.1, -0.05) is 42.5 Å². The van der Waals surface area contributed by atoms with Gasteiger partial charge in [0.05, 0.1) is 6.10 Å². The lowest BCUT2D eigenvalue weighted by atomic mass is 10.1. The molecule has 2 rings (SSSR count). The SMILES string of the molecule is CC(C)(C)NC(=O)COc1ccc(CNCC(O)c2ccccc2)cc1. The second-order valence-electron chi connectivity index (χ2n) is 7.29. The summed E-state index contributed by atoms with van der Waals surface area (Å²) >= 11 is 0. The fraction of sp³-hybridized carbons (Fsp3) is 0.381. The monoisotopic (exact) mass is 356 g/mol. The van der Waals surface area contributed by atoms with Crippen molar-refractivity contribution in [3.63, 3.8) is 0 Å². The molecule has 2 aromatic carbocycles. The van der Waals surface area contributed by atoms with Crippen molar-refractivity contribution in [3.8, 4) is 5.75 Å². The minimum absolute atomic E-state index is 0.00185. The van der Waals surface area contributed by atoms with Crippen LogP contribution in [0.5, 0.6) is 5.75 Å². The molecule has 0 aliphatic carbocycles. The largest absolute Gasteiger partial charge is 0.484 e. The van der Waals surface area contributed by atoms with Crippen LogP contribution in [-0.2, 0) is 11.3 Å². The Bertz CT molecular complexity index is 679. The van der Waals surface area contributed by atoms with E-state index >= 15 is 0 Å². The number of amides is 1. The van der Waals surface area contributed by atoms with Crippen LogP contribution in [0.2, 0.25) is 0 Å². The third-order valence-electron chi connectivity index (χ3n) is 3.66. The molecule has 26 heavy (non-hydrogen) atoms. The van der Waals surface area contributed by atoms with Gasteiger partial charge in [0.1, 0.15) is 5.75 Å². The molecule has 0 aliphatic rings. The summed E-state index contributed by atoms with van der Waals surface area (Å²) in [5, 5.41) is 16.2. The zero-order valence-corrected chi connectivity index (χ0v) is 15.7. The minimum atomic E-state index is -0.528. The number of nitrogens with one attached hydrogen (secondary N) is 2. The topological polar surface area (TPSA) is 70.6 Å². The van der Waals surface area contributed by atoms with E-state index in [9.17, 15) is 9.90 Å². The molecule has 0 heterocycles. The Morgan fingerprint density at radius 2 is 1.73 bits per heavy atom. The lowest BCUT2D eigenvalue weighted by molar-refractivity contribution is -0.124. The van der Waals surface area contributed by atoms with Crippen LogP contribution in [0.4, 0.5) is 0 Å². The molecule has 2 aromatic rings. The fourth-order valence-electron chi connectivity index (χ4n) is 2.45. The van der Waals surface area contributed by atoms with Crippen LogP contribution in [-0.4, -0.2) is 29.7 Å². The number of aliphatic hydroxyl groups is 1. The highest BCUT2D eigenvalue weighted by Gasteiger charge is 2.13. The first kappa shape index (κ1) is 19.9. The number of rotatable bonds is 8. The van der Waals surface area contributed by atoms with Crippen LogP contribution >= 0.6 is 0 Å². The summed E-state index contributed by atoms with van der Waals surface area (Å²) in [5.41, 5.74) is 1.72. The van der Waals surface area contributed by atoms with Gasteiger partial charge in [-0.15, -0.1) is 0 Å². The Morgan fingerprint density at radius 1 is 1.08 bits per heavy atom. The molecule has 0 aliphatic heterocycles. The average molecular weight is 356 g/mol. The van der Waals surface area contributed by atoms with Crippen LogP contribution in [0.3, 0.4) is 0 Å². The summed E-state index contributed by atoms with van der Waals surface area (Å²) in [7, 11) is 0. The summed E-state index contributed by atoms with van der Waals surface area (Å²) in [6.07, 6.45) is -0.528. The van der Waals surface area contributed by atoms with E-state index in [1.54, 1.807) is 0 Å². The van der Waals surface area contributed by atoms with Gasteiger partial charge in [0.25, 0.3) is 5.91 Å². The van der Waals surface area contributed by atoms with E-state index in [1.165, 1.54) is 0 Å². The number of carbonyl (C=O) groups is 1. The molecule has 0 radical (unpaired) electrons. The van der Waals surface area contributed by atoms with Crippen LogP contribution in [0.1, 0.15) is 38.0 Å². The molecule has 0 saturated carbocycles. The maximum absolute atomic E-state index is 11.8. The van der Waals surface area contributed by atoms with E-state index in [0.717, 1.165) is 11.1 Å². The van der Waals surface area contributed by atoms with Gasteiger partial charge in [-0.05, 0) is 44.0 Å². The standard InChI is InChI=1S/C21H28N2O3/c1-21(2,3)23-20(25)15-26-18-11-9-16(10-12-18)13-22-14-19(24)17-7-5-4-6-8-17/h4-12,19,22,24H,13-15H2,1-3H3,(H,23,25). The maximum atomic E-state index is 11.8. The van der Waals surface area contributed by atoms with Crippen LogP contribution in [0, 0.1) is 0 Å². The number of carbonyl (C=O) groups excluding carboxylic acids is 1. The third-order valence-corrected chi connectivity index (χ3v) is 3.66. The van der Waals surface area contributed by atoms with Crippen molar-refractivity contribution in [1.82, 2.24) is 10.6 Å². The zero-order valence-electron chi connectivity index (χ0n) is 15.7. The number of hydrogen-bond donors (Lipinski definition) is 3. The Morgan fingerprint density at radius 3 is 2.35 bits per heavy atom. The molecule has 5 heteroatoms. The molecule has 5 nitrogen and oxygen atoms in total. The highest BCUT2D eigenvalue weighted by atomic mass is 16.5. The normalized spacial score (nSPS) is 12.5. The molecule has 0 aromatic heterocycles. The molecule has 1 atom stereocenters. The first-order valence-electron chi connectivity index (χ1n) is 8.80. The molecular formula is C21H28N2O3. The summed E-state index contributed by atoms with van der Waals surface area (Å²) < 4.78 is 5.50. The predicted octanol–water partition coefficient (Wildman–Crippen LogP) is 2.80. The van der Waals surface area contributed by atoms with E-state index in [0.29, 0.717) is 18.8 Å². The quantitative estimate of drug-likeness (QED) is 0.680. The highest BCUT2D eigenvalue weighted by Crippen LogP contribution is 2.13. The second-order valence-corrected chi connectivity index (χ2v) is 7.29. The fourth-order valence-corrected chi connectivity index (χ4v) is 2.45. The predicted molar refractivity (Wildman–Crippen MR) is 103 cm³/mol. The Balaban J connectivity index is 1.73. The number of hydrogen-bond acceptors (Lipinski definition) is 4. The Hall–Kier alpha value is -2.37. The molecule has 0 saturated heterocycles. The van der Waals surface area contributed by atoms with Crippen molar-refractivity contribution in [3.05, 3.63) is 65.7 Å². The van der Waals surface area contributed by atoms with E-state index in [2.05, 4.69) is 10.6 Å². The average Bonchev–Trinajstić information content (AvgIpc) is 2.60. The van der Waals surface area contributed by atoms with Crippen molar-refractivity contribution in [2.24, 2.45) is 0 Å². The van der Waals surface area contributed by atoms with Gasteiger partial charge in [-0.2, -0.15) is 0 Å². The van der Waals surface area contributed by atoms with Gasteiger partial charge in [0.15, 0.2) is 6.61 Å². The van der Waals surface area contributed by atoms with E-state index in [1.807, 2.05) is 75.4 Å². The smallest absolute Gasteiger partial charge is 0.258 e. The zero-order chi connectivity index (χ0) is 19.0. The Labute approximate surface area is 155 Å². The molecule has 0 bridgehead atoms. The number of ether oxygens (including phenoxy) is 1. The first-order chi connectivity index (χ1) is 12.3. The van der Waals surface area contributed by atoms with Crippen LogP contribution < -0.4 is 15.4 Å². The molecule has 0 spiro atoms. The molecule has 3 N–H and O–H groups in total. The van der Waals surface area contributed by atoms with Gasteiger partial charge in [0.2, 0.25) is 0 Å².